The van der Waals surface area contributed by atoms with Gasteiger partial charge >= 0.3 is 0 Å². The molecule has 0 saturated carbocycles. The molecule has 12 heteroatoms. The number of nitriles is 1. The molecule has 36 heavy (non-hydrogen) atoms. The molecule has 4 aromatic rings. The molecule has 0 amide bonds. The van der Waals surface area contributed by atoms with Gasteiger partial charge < -0.3 is 5.32 Å². The van der Waals surface area contributed by atoms with Gasteiger partial charge in [0, 0.05) is 43.2 Å². The van der Waals surface area contributed by atoms with Crippen molar-refractivity contribution in [3.63, 3.8) is 0 Å². The fraction of sp³-hybridized carbons (Fsp3) is 0.292. The summed E-state index contributed by atoms with van der Waals surface area (Å²) in [5, 5.41) is 19.3. The number of fused-ring (bicyclic) bond motifs is 2. The predicted octanol–water partition coefficient (Wildman–Crippen LogP) is 3.83. The molecule has 1 saturated heterocycles. The summed E-state index contributed by atoms with van der Waals surface area (Å²) in [4.78, 5) is 13.9. The molecule has 182 valence electrons. The number of nitrogens with zero attached hydrogens (tertiary/aromatic N) is 7. The van der Waals surface area contributed by atoms with Crippen LogP contribution in [0.15, 0.2) is 47.0 Å². The van der Waals surface area contributed by atoms with Gasteiger partial charge in [-0.15, -0.1) is 11.3 Å². The molecule has 10 nitrogen and oxygen atoms in total. The van der Waals surface area contributed by atoms with Crippen LogP contribution in [-0.2, 0) is 22.0 Å². The first-order valence-corrected chi connectivity index (χ1v) is 14.0. The topological polar surface area (TPSA) is 129 Å². The van der Waals surface area contributed by atoms with Gasteiger partial charge in [0.2, 0.25) is 16.0 Å². The molecule has 1 fully saturated rings. The third kappa shape index (κ3) is 3.76. The highest BCUT2D eigenvalue weighted by atomic mass is 32.2. The van der Waals surface area contributed by atoms with Crippen LogP contribution in [0.25, 0.3) is 21.5 Å². The molecule has 3 aromatic heterocycles. The second-order valence-corrected chi connectivity index (χ2v) is 12.1. The standard InChI is InChI=1S/C24H22N8O2S2/c1-2-36(33,34)31-14-24(15-31,7-8-25)32-13-17(12-27-32)21-22-19(6-10-35-22)29-23(30-21)28-18-4-3-16-5-9-26-20(16)11-18/h3-4,6,9-13H,2,5,7,14-15H2,1H3,(H,28,29,30). The third-order valence-corrected chi connectivity index (χ3v) is 9.32. The van der Waals surface area contributed by atoms with Crippen LogP contribution in [0.4, 0.5) is 17.3 Å². The lowest BCUT2D eigenvalue weighted by atomic mass is 9.89. The Hall–Kier alpha value is -3.66. The van der Waals surface area contributed by atoms with Gasteiger partial charge in [0.25, 0.3) is 0 Å². The van der Waals surface area contributed by atoms with Crippen molar-refractivity contribution in [2.75, 3.05) is 24.2 Å². The summed E-state index contributed by atoms with van der Waals surface area (Å²) < 4.78 is 28.6. The Balaban J connectivity index is 1.34. The minimum absolute atomic E-state index is 0.0314. The average Bonchev–Trinajstić information content (AvgIpc) is 3.61. The molecule has 0 bridgehead atoms. The van der Waals surface area contributed by atoms with Crippen molar-refractivity contribution in [1.82, 2.24) is 24.1 Å². The molecule has 1 aromatic carbocycles. The van der Waals surface area contributed by atoms with Gasteiger partial charge in [-0.1, -0.05) is 6.07 Å². The van der Waals surface area contributed by atoms with E-state index in [1.807, 2.05) is 42.1 Å². The molecule has 0 radical (unpaired) electrons. The van der Waals surface area contributed by atoms with Crippen LogP contribution in [-0.4, -0.2) is 57.5 Å². The predicted molar refractivity (Wildman–Crippen MR) is 139 cm³/mol. The first-order valence-electron chi connectivity index (χ1n) is 11.5. The molecular weight excluding hydrogens is 496 g/mol. The number of aromatic nitrogens is 4. The maximum atomic E-state index is 12.3. The normalized spacial score (nSPS) is 16.6. The second kappa shape index (κ2) is 8.48. The smallest absolute Gasteiger partial charge is 0.228 e. The molecule has 0 atom stereocenters. The van der Waals surface area contributed by atoms with E-state index in [-0.39, 0.29) is 25.3 Å². The van der Waals surface area contributed by atoms with Crippen molar-refractivity contribution in [2.24, 2.45) is 4.99 Å². The van der Waals surface area contributed by atoms with Crippen LogP contribution in [0.3, 0.4) is 0 Å². The molecule has 0 aliphatic carbocycles. The van der Waals surface area contributed by atoms with E-state index in [9.17, 15) is 13.7 Å². The van der Waals surface area contributed by atoms with E-state index in [1.54, 1.807) is 29.1 Å². The Labute approximate surface area is 212 Å². The maximum Gasteiger partial charge on any atom is 0.228 e. The first-order chi connectivity index (χ1) is 17.4. The minimum Gasteiger partial charge on any atom is -0.324 e. The fourth-order valence-electron chi connectivity index (χ4n) is 4.60. The summed E-state index contributed by atoms with van der Waals surface area (Å²) in [7, 11) is -3.32. The van der Waals surface area contributed by atoms with Crippen molar-refractivity contribution in [1.29, 1.82) is 5.26 Å². The number of thiophene rings is 1. The summed E-state index contributed by atoms with van der Waals surface area (Å²) in [6.45, 7) is 2.07. The highest BCUT2D eigenvalue weighted by molar-refractivity contribution is 7.89. The zero-order valence-corrected chi connectivity index (χ0v) is 21.1. The zero-order valence-electron chi connectivity index (χ0n) is 19.4. The molecule has 1 N–H and O–H groups in total. The largest absolute Gasteiger partial charge is 0.324 e. The Bertz CT molecular complexity index is 1660. The van der Waals surface area contributed by atoms with E-state index in [1.165, 1.54) is 9.87 Å². The van der Waals surface area contributed by atoms with Crippen LogP contribution < -0.4 is 5.32 Å². The van der Waals surface area contributed by atoms with Crippen molar-refractivity contribution in [3.8, 4) is 17.3 Å². The molecular formula is C24H22N8O2S2. The van der Waals surface area contributed by atoms with Crippen LogP contribution >= 0.6 is 11.3 Å². The van der Waals surface area contributed by atoms with Gasteiger partial charge in [0.1, 0.15) is 5.54 Å². The number of hydrogen-bond acceptors (Lipinski definition) is 9. The Morgan fingerprint density at radius 1 is 1.25 bits per heavy atom. The van der Waals surface area contributed by atoms with E-state index < -0.39 is 15.6 Å². The molecule has 0 unspecified atom stereocenters. The number of aliphatic imine (C=N–C) groups is 1. The number of sulfonamides is 1. The van der Waals surface area contributed by atoms with Gasteiger partial charge in [0.15, 0.2) is 0 Å². The lowest BCUT2D eigenvalue weighted by Crippen LogP contribution is -2.64. The van der Waals surface area contributed by atoms with Gasteiger partial charge in [-0.25, -0.2) is 18.4 Å². The van der Waals surface area contributed by atoms with E-state index in [0.717, 1.165) is 39.3 Å². The summed E-state index contributed by atoms with van der Waals surface area (Å²) in [6.07, 6.45) is 6.47. The number of nitrogens with one attached hydrogen (secondary N) is 1. The van der Waals surface area contributed by atoms with Crippen LogP contribution in [0.5, 0.6) is 0 Å². The van der Waals surface area contributed by atoms with E-state index >= 15 is 0 Å². The van der Waals surface area contributed by atoms with Gasteiger partial charge in [-0.3, -0.25) is 9.67 Å². The van der Waals surface area contributed by atoms with Crippen molar-refractivity contribution < 1.29 is 8.42 Å². The van der Waals surface area contributed by atoms with Crippen LogP contribution in [0.1, 0.15) is 18.9 Å². The summed E-state index contributed by atoms with van der Waals surface area (Å²) in [5.41, 5.74) is 4.62. The van der Waals surface area contributed by atoms with E-state index in [2.05, 4.69) is 26.5 Å². The SMILES string of the molecule is CCS(=O)(=O)N1CC(CC#N)(n2cc(-c3nc(Nc4ccc5c(c4)N=CC5)nc4ccsc34)cn2)C1. The highest BCUT2D eigenvalue weighted by Crippen LogP contribution is 2.37. The average molecular weight is 519 g/mol. The Morgan fingerprint density at radius 3 is 2.92 bits per heavy atom. The number of rotatable bonds is 7. The lowest BCUT2D eigenvalue weighted by Gasteiger charge is -2.47. The van der Waals surface area contributed by atoms with Crippen LogP contribution in [0, 0.1) is 11.3 Å². The molecule has 2 aliphatic rings. The van der Waals surface area contributed by atoms with E-state index in [0.29, 0.717) is 5.95 Å². The molecule has 2 aliphatic heterocycles. The second-order valence-electron chi connectivity index (χ2n) is 8.92. The van der Waals surface area contributed by atoms with Crippen molar-refractivity contribution >= 4 is 55.1 Å². The molecule has 6 rings (SSSR count). The van der Waals surface area contributed by atoms with Gasteiger partial charge in [-0.2, -0.15) is 14.7 Å². The van der Waals surface area contributed by atoms with Crippen molar-refractivity contribution in [2.45, 2.75) is 25.3 Å². The summed E-state index contributed by atoms with van der Waals surface area (Å²) in [6, 6.07) is 10.2. The number of benzene rings is 1. The van der Waals surface area contributed by atoms with Gasteiger partial charge in [-0.05, 0) is 36.1 Å². The maximum absolute atomic E-state index is 12.3. The lowest BCUT2D eigenvalue weighted by molar-refractivity contribution is 0.0719. The monoisotopic (exact) mass is 518 g/mol. The quantitative estimate of drug-likeness (QED) is 0.394. The number of hydrogen-bond donors (Lipinski definition) is 1. The Morgan fingerprint density at radius 2 is 2.11 bits per heavy atom. The summed E-state index contributed by atoms with van der Waals surface area (Å²) in [5.74, 6) is 0.491. The first kappa shape index (κ1) is 22.8. The minimum atomic E-state index is -3.32. The van der Waals surface area contributed by atoms with Gasteiger partial charge in [0.05, 0.1) is 46.0 Å². The zero-order chi connectivity index (χ0) is 24.9. The Kier molecular flexibility index (Phi) is 5.36. The van der Waals surface area contributed by atoms with Crippen LogP contribution in [0.2, 0.25) is 0 Å². The highest BCUT2D eigenvalue weighted by Gasteiger charge is 2.49. The molecule has 0 spiro atoms. The molecule has 5 heterocycles. The van der Waals surface area contributed by atoms with E-state index in [4.69, 9.17) is 4.98 Å². The number of anilines is 2. The van der Waals surface area contributed by atoms with Crippen molar-refractivity contribution in [3.05, 3.63) is 47.6 Å². The summed E-state index contributed by atoms with van der Waals surface area (Å²) >= 11 is 1.54. The fourth-order valence-corrected chi connectivity index (χ4v) is 6.68. The third-order valence-electron chi connectivity index (χ3n) is 6.64.